The van der Waals surface area contributed by atoms with Crippen LogP contribution in [-0.2, 0) is 13.6 Å². The van der Waals surface area contributed by atoms with Gasteiger partial charge in [-0.15, -0.1) is 0 Å². The number of unbranched alkanes of at least 4 members (excludes halogenated alkanes) is 7. The van der Waals surface area contributed by atoms with Gasteiger partial charge in [0, 0.05) is 0 Å². The average molecular weight is 255 g/mol. The molecule has 0 amide bonds. The Balaban J connectivity index is 1.84. The van der Waals surface area contributed by atoms with Gasteiger partial charge in [0.05, 0.1) is 13.6 Å². The standard InChI is InChI=1S/C14H26N2S/c1-15-11-12-16(14-15)10-8-6-4-2-3-5-7-9-13-17/h11-12,14H,2-10,13H2,1H3/p+1. The van der Waals surface area contributed by atoms with Crippen LogP contribution in [-0.4, -0.2) is 10.3 Å². The minimum Gasteiger partial charge on any atom is -0.240 e. The number of aryl methyl sites for hydroxylation is 2. The SMILES string of the molecule is C[n+]1ccn(CCCCCCCCCCS)c1. The molecule has 98 valence electrons. The third-order valence-electron chi connectivity index (χ3n) is 3.15. The highest BCUT2D eigenvalue weighted by Gasteiger charge is 1.99. The maximum atomic E-state index is 4.22. The third-order valence-corrected chi connectivity index (χ3v) is 3.46. The van der Waals surface area contributed by atoms with E-state index in [1.54, 1.807) is 0 Å². The second-order valence-electron chi connectivity index (χ2n) is 4.87. The van der Waals surface area contributed by atoms with Crippen LogP contribution in [0.15, 0.2) is 18.7 Å². The molecule has 1 heterocycles. The Morgan fingerprint density at radius 2 is 1.53 bits per heavy atom. The van der Waals surface area contributed by atoms with E-state index in [2.05, 4.69) is 47.5 Å². The Kier molecular flexibility index (Phi) is 8.24. The highest BCUT2D eigenvalue weighted by Crippen LogP contribution is 2.09. The van der Waals surface area contributed by atoms with Crippen molar-refractivity contribution in [3.05, 3.63) is 18.7 Å². The summed E-state index contributed by atoms with van der Waals surface area (Å²) < 4.78 is 4.37. The lowest BCUT2D eigenvalue weighted by atomic mass is 10.1. The first-order valence-electron chi connectivity index (χ1n) is 6.95. The quantitative estimate of drug-likeness (QED) is 0.373. The van der Waals surface area contributed by atoms with Crippen molar-refractivity contribution in [2.45, 2.75) is 57.9 Å². The first kappa shape index (κ1) is 14.6. The molecule has 1 rings (SSSR count). The second kappa shape index (κ2) is 9.58. The molecule has 0 aromatic carbocycles. The zero-order valence-electron chi connectivity index (χ0n) is 11.1. The molecule has 0 saturated heterocycles. The van der Waals surface area contributed by atoms with E-state index >= 15 is 0 Å². The van der Waals surface area contributed by atoms with E-state index in [0.717, 1.165) is 5.75 Å². The van der Waals surface area contributed by atoms with Crippen LogP contribution in [0.1, 0.15) is 51.4 Å². The summed E-state index contributed by atoms with van der Waals surface area (Å²) in [5, 5.41) is 0. The lowest BCUT2D eigenvalue weighted by Crippen LogP contribution is -2.23. The zero-order valence-corrected chi connectivity index (χ0v) is 12.0. The van der Waals surface area contributed by atoms with Crippen LogP contribution in [0.4, 0.5) is 0 Å². The van der Waals surface area contributed by atoms with Gasteiger partial charge in [0.25, 0.3) is 0 Å². The summed E-state index contributed by atoms with van der Waals surface area (Å²) in [6, 6.07) is 0. The fraction of sp³-hybridized carbons (Fsp3) is 0.786. The maximum absolute atomic E-state index is 4.22. The van der Waals surface area contributed by atoms with Crippen molar-refractivity contribution in [3.8, 4) is 0 Å². The van der Waals surface area contributed by atoms with Crippen molar-refractivity contribution in [3.63, 3.8) is 0 Å². The molecule has 0 radical (unpaired) electrons. The van der Waals surface area contributed by atoms with Crippen LogP contribution in [0.25, 0.3) is 0 Å². The van der Waals surface area contributed by atoms with Crippen LogP contribution in [0.5, 0.6) is 0 Å². The topological polar surface area (TPSA) is 8.81 Å². The summed E-state index contributed by atoms with van der Waals surface area (Å²) in [5.74, 6) is 1.05. The molecule has 0 bridgehead atoms. The van der Waals surface area contributed by atoms with Crippen molar-refractivity contribution >= 4 is 12.6 Å². The largest absolute Gasteiger partial charge is 0.243 e. The maximum Gasteiger partial charge on any atom is 0.243 e. The number of rotatable bonds is 10. The predicted molar refractivity (Wildman–Crippen MR) is 76.4 cm³/mol. The summed E-state index contributed by atoms with van der Waals surface area (Å²) >= 11 is 4.22. The summed E-state index contributed by atoms with van der Waals surface area (Å²) in [4.78, 5) is 0. The van der Waals surface area contributed by atoms with Crippen LogP contribution in [0.2, 0.25) is 0 Å². The van der Waals surface area contributed by atoms with E-state index in [-0.39, 0.29) is 0 Å². The molecule has 1 aromatic heterocycles. The molecule has 0 spiro atoms. The van der Waals surface area contributed by atoms with Crippen molar-refractivity contribution in [1.82, 2.24) is 4.57 Å². The van der Waals surface area contributed by atoms with Gasteiger partial charge in [-0.1, -0.05) is 32.1 Å². The molecule has 0 unspecified atom stereocenters. The Bertz CT molecular complexity index is 284. The van der Waals surface area contributed by atoms with Gasteiger partial charge in [0.2, 0.25) is 6.33 Å². The number of imidazole rings is 1. The van der Waals surface area contributed by atoms with E-state index in [0.29, 0.717) is 0 Å². The molecule has 0 atom stereocenters. The van der Waals surface area contributed by atoms with Crippen LogP contribution in [0, 0.1) is 0 Å². The fourth-order valence-electron chi connectivity index (χ4n) is 2.10. The summed E-state index contributed by atoms with van der Waals surface area (Å²) in [7, 11) is 2.07. The molecule has 17 heavy (non-hydrogen) atoms. The zero-order chi connectivity index (χ0) is 12.3. The number of nitrogens with zero attached hydrogens (tertiary/aromatic N) is 2. The molecule has 2 nitrogen and oxygen atoms in total. The monoisotopic (exact) mass is 255 g/mol. The minimum atomic E-state index is 1.05. The molecule has 0 aliphatic rings. The summed E-state index contributed by atoms with van der Waals surface area (Å²) in [6.45, 7) is 1.17. The van der Waals surface area contributed by atoms with Gasteiger partial charge in [-0.05, 0) is 25.0 Å². The Hall–Kier alpha value is -0.440. The lowest BCUT2D eigenvalue weighted by Gasteiger charge is -2.00. The molecule has 0 saturated carbocycles. The molecule has 3 heteroatoms. The first-order chi connectivity index (χ1) is 8.33. The van der Waals surface area contributed by atoms with E-state index in [1.165, 1.54) is 57.9 Å². The van der Waals surface area contributed by atoms with Gasteiger partial charge < -0.3 is 0 Å². The Labute approximate surface area is 111 Å². The second-order valence-corrected chi connectivity index (χ2v) is 5.32. The minimum absolute atomic E-state index is 1.05. The van der Waals surface area contributed by atoms with Crippen LogP contribution >= 0.6 is 12.6 Å². The fourth-order valence-corrected chi connectivity index (χ4v) is 2.32. The van der Waals surface area contributed by atoms with Crippen LogP contribution in [0.3, 0.4) is 0 Å². The lowest BCUT2D eigenvalue weighted by molar-refractivity contribution is -0.671. The smallest absolute Gasteiger partial charge is 0.240 e. The Morgan fingerprint density at radius 3 is 2.06 bits per heavy atom. The van der Waals surface area contributed by atoms with Gasteiger partial charge in [0.1, 0.15) is 12.4 Å². The van der Waals surface area contributed by atoms with E-state index in [4.69, 9.17) is 0 Å². The predicted octanol–water partition coefficient (Wildman–Crippen LogP) is 3.36. The number of thiol groups is 1. The molecule has 1 aromatic rings. The van der Waals surface area contributed by atoms with Gasteiger partial charge >= 0.3 is 0 Å². The summed E-state index contributed by atoms with van der Waals surface area (Å²) in [5.41, 5.74) is 0. The van der Waals surface area contributed by atoms with Crippen molar-refractivity contribution < 1.29 is 4.57 Å². The molecule has 0 fully saturated rings. The number of hydrogen-bond acceptors (Lipinski definition) is 1. The van der Waals surface area contributed by atoms with Crippen molar-refractivity contribution in [2.24, 2.45) is 7.05 Å². The molecular formula is C14H27N2S+. The van der Waals surface area contributed by atoms with Gasteiger partial charge in [0.15, 0.2) is 0 Å². The Morgan fingerprint density at radius 1 is 0.941 bits per heavy atom. The van der Waals surface area contributed by atoms with Crippen molar-refractivity contribution in [2.75, 3.05) is 5.75 Å². The molecule has 0 aliphatic carbocycles. The number of aromatic nitrogens is 2. The normalized spacial score (nSPS) is 10.9. The average Bonchev–Trinajstić information content (AvgIpc) is 2.73. The molecular weight excluding hydrogens is 228 g/mol. The van der Waals surface area contributed by atoms with E-state index in [1.807, 2.05) is 0 Å². The highest BCUT2D eigenvalue weighted by molar-refractivity contribution is 7.80. The first-order valence-corrected chi connectivity index (χ1v) is 7.58. The van der Waals surface area contributed by atoms with E-state index < -0.39 is 0 Å². The summed E-state index contributed by atoms with van der Waals surface area (Å²) in [6.07, 6.45) is 17.3. The van der Waals surface area contributed by atoms with Gasteiger partial charge in [-0.3, -0.25) is 0 Å². The molecule has 0 aliphatic heterocycles. The molecule has 0 N–H and O–H groups in total. The third kappa shape index (κ3) is 7.48. The van der Waals surface area contributed by atoms with Gasteiger partial charge in [-0.2, -0.15) is 12.6 Å². The van der Waals surface area contributed by atoms with Gasteiger partial charge in [-0.25, -0.2) is 9.13 Å². The van der Waals surface area contributed by atoms with Crippen LogP contribution < -0.4 is 4.57 Å². The number of hydrogen-bond donors (Lipinski definition) is 1. The van der Waals surface area contributed by atoms with Crippen molar-refractivity contribution in [1.29, 1.82) is 0 Å². The van der Waals surface area contributed by atoms with E-state index in [9.17, 15) is 0 Å². The highest BCUT2D eigenvalue weighted by atomic mass is 32.1.